The Morgan fingerprint density at radius 1 is 1.10 bits per heavy atom. The molecule has 30 heavy (non-hydrogen) atoms. The van der Waals surface area contributed by atoms with Crippen LogP contribution in [0.25, 0.3) is 11.0 Å². The molecule has 1 aliphatic carbocycles. The predicted molar refractivity (Wildman–Crippen MR) is 119 cm³/mol. The highest BCUT2D eigenvalue weighted by molar-refractivity contribution is 5.80. The lowest BCUT2D eigenvalue weighted by molar-refractivity contribution is -0.130. The minimum absolute atomic E-state index is 0.193. The third-order valence-corrected chi connectivity index (χ3v) is 7.59. The quantitative estimate of drug-likeness (QED) is 0.841. The molecule has 3 aliphatic rings. The maximum Gasteiger partial charge on any atom is 0.219 e. The van der Waals surface area contributed by atoms with Crippen molar-refractivity contribution in [1.82, 2.24) is 24.7 Å². The molecule has 2 saturated heterocycles. The number of hydrogen-bond acceptors (Lipinski definition) is 4. The Morgan fingerprint density at radius 3 is 2.67 bits per heavy atom. The van der Waals surface area contributed by atoms with Crippen molar-refractivity contribution in [3.05, 3.63) is 29.6 Å². The Hall–Kier alpha value is -1.92. The van der Waals surface area contributed by atoms with Crippen molar-refractivity contribution in [1.29, 1.82) is 0 Å². The fourth-order valence-corrected chi connectivity index (χ4v) is 5.88. The molecular weight excluding hydrogens is 374 g/mol. The van der Waals surface area contributed by atoms with E-state index in [1.807, 2.05) is 17.2 Å². The molecule has 6 nitrogen and oxygen atoms in total. The smallest absolute Gasteiger partial charge is 0.219 e. The number of hydrogen-bond donors (Lipinski definition) is 1. The summed E-state index contributed by atoms with van der Waals surface area (Å²) >= 11 is 0. The van der Waals surface area contributed by atoms with E-state index in [9.17, 15) is 4.79 Å². The van der Waals surface area contributed by atoms with Gasteiger partial charge in [-0.3, -0.25) is 19.6 Å². The van der Waals surface area contributed by atoms with Gasteiger partial charge in [0.05, 0.1) is 11.0 Å². The maximum absolute atomic E-state index is 12.0. The number of aromatic nitrogens is 2. The van der Waals surface area contributed by atoms with Gasteiger partial charge in [0, 0.05) is 82.2 Å². The lowest BCUT2D eigenvalue weighted by Crippen LogP contribution is -2.49. The van der Waals surface area contributed by atoms with Gasteiger partial charge in [-0.25, -0.2) is 0 Å². The van der Waals surface area contributed by atoms with E-state index in [1.54, 1.807) is 6.92 Å². The molecule has 2 aliphatic heterocycles. The second kappa shape index (κ2) is 8.67. The largest absolute Gasteiger partial charge is 0.357 e. The number of pyridine rings is 1. The second-order valence-electron chi connectivity index (χ2n) is 9.47. The van der Waals surface area contributed by atoms with Crippen LogP contribution in [0.3, 0.4) is 0 Å². The van der Waals surface area contributed by atoms with E-state index in [2.05, 4.69) is 20.9 Å². The number of aromatic amines is 1. The molecule has 6 heteroatoms. The van der Waals surface area contributed by atoms with E-state index in [-0.39, 0.29) is 5.91 Å². The number of carbonyl (C=O) groups is 1. The van der Waals surface area contributed by atoms with Gasteiger partial charge in [0.15, 0.2) is 0 Å². The lowest BCUT2D eigenvalue weighted by Gasteiger charge is -2.38. The van der Waals surface area contributed by atoms with Gasteiger partial charge in [-0.05, 0) is 37.8 Å². The van der Waals surface area contributed by atoms with Crippen LogP contribution >= 0.6 is 0 Å². The zero-order valence-electron chi connectivity index (χ0n) is 18.3. The van der Waals surface area contributed by atoms with Crippen LogP contribution in [-0.4, -0.2) is 75.9 Å². The van der Waals surface area contributed by atoms with Crippen LogP contribution in [0.4, 0.5) is 0 Å². The molecule has 1 amide bonds. The molecule has 162 valence electrons. The van der Waals surface area contributed by atoms with Crippen LogP contribution in [0.1, 0.15) is 62.6 Å². The molecule has 4 heterocycles. The van der Waals surface area contributed by atoms with E-state index in [0.717, 1.165) is 62.6 Å². The van der Waals surface area contributed by atoms with Gasteiger partial charge in [0.25, 0.3) is 0 Å². The van der Waals surface area contributed by atoms with E-state index in [1.165, 1.54) is 50.0 Å². The summed E-state index contributed by atoms with van der Waals surface area (Å²) in [5.74, 6) is 0.574. The highest BCUT2D eigenvalue weighted by Crippen LogP contribution is 2.33. The first-order valence-electron chi connectivity index (χ1n) is 11.9. The highest BCUT2D eigenvalue weighted by Gasteiger charge is 2.30. The van der Waals surface area contributed by atoms with Crippen molar-refractivity contribution in [2.45, 2.75) is 64.0 Å². The molecule has 3 fully saturated rings. The average Bonchev–Trinajstić information content (AvgIpc) is 3.43. The summed E-state index contributed by atoms with van der Waals surface area (Å²) in [7, 11) is 0. The SMILES string of the molecule is CC(=O)N1CCC[C@H](c2[nH]c3cccnc3c2CN2CCN(C3CCCC3)CC2)C1. The lowest BCUT2D eigenvalue weighted by atomic mass is 9.92. The van der Waals surface area contributed by atoms with Crippen molar-refractivity contribution in [2.75, 3.05) is 39.3 Å². The van der Waals surface area contributed by atoms with E-state index < -0.39 is 0 Å². The first kappa shape index (κ1) is 20.0. The topological polar surface area (TPSA) is 55.5 Å². The Kier molecular flexibility index (Phi) is 5.79. The number of H-pyrrole nitrogens is 1. The summed E-state index contributed by atoms with van der Waals surface area (Å²) in [6, 6.07) is 4.98. The number of fused-ring (bicyclic) bond motifs is 1. The summed E-state index contributed by atoms with van der Waals surface area (Å²) in [5.41, 5.74) is 4.92. The van der Waals surface area contributed by atoms with E-state index in [0.29, 0.717) is 5.92 Å². The fraction of sp³-hybridized carbons (Fsp3) is 0.667. The number of amides is 1. The Bertz CT molecular complexity index is 879. The Balaban J connectivity index is 1.34. The highest BCUT2D eigenvalue weighted by atomic mass is 16.2. The molecule has 1 N–H and O–H groups in total. The van der Waals surface area contributed by atoms with Gasteiger partial charge in [-0.15, -0.1) is 0 Å². The molecule has 1 atom stereocenters. The van der Waals surface area contributed by atoms with Crippen LogP contribution in [0, 0.1) is 0 Å². The molecule has 0 aromatic carbocycles. The molecule has 1 saturated carbocycles. The predicted octanol–water partition coefficient (Wildman–Crippen LogP) is 3.35. The number of carbonyl (C=O) groups excluding carboxylic acids is 1. The first-order chi connectivity index (χ1) is 14.7. The normalized spacial score (nSPS) is 24.7. The summed E-state index contributed by atoms with van der Waals surface area (Å²) in [4.78, 5) is 27.8. The maximum atomic E-state index is 12.0. The molecule has 0 radical (unpaired) electrons. The zero-order chi connectivity index (χ0) is 20.5. The summed E-state index contributed by atoms with van der Waals surface area (Å²) in [6.45, 7) is 9.03. The molecule has 2 aromatic rings. The van der Waals surface area contributed by atoms with Crippen LogP contribution in [0.2, 0.25) is 0 Å². The number of piperidine rings is 1. The Morgan fingerprint density at radius 2 is 1.90 bits per heavy atom. The van der Waals surface area contributed by atoms with Crippen LogP contribution in [-0.2, 0) is 11.3 Å². The second-order valence-corrected chi connectivity index (χ2v) is 9.47. The molecule has 5 rings (SSSR count). The van der Waals surface area contributed by atoms with Gasteiger partial charge in [-0.1, -0.05) is 12.8 Å². The molecule has 0 bridgehead atoms. The molecule has 0 spiro atoms. The number of piperazine rings is 1. The van der Waals surface area contributed by atoms with Crippen LogP contribution < -0.4 is 0 Å². The van der Waals surface area contributed by atoms with Crippen molar-refractivity contribution in [2.24, 2.45) is 0 Å². The third-order valence-electron chi connectivity index (χ3n) is 7.59. The summed E-state index contributed by atoms with van der Waals surface area (Å²) in [6.07, 6.45) is 9.73. The zero-order valence-corrected chi connectivity index (χ0v) is 18.3. The standard InChI is InChI=1S/C24H35N5O/c1-18(30)29-11-5-6-19(16-29)23-21(24-22(26-23)9-4-10-25-24)17-27-12-14-28(15-13-27)20-7-2-3-8-20/h4,9-10,19-20,26H,2-3,5-8,11-17H2,1H3/t19-/m0/s1. The fourth-order valence-electron chi connectivity index (χ4n) is 5.88. The summed E-state index contributed by atoms with van der Waals surface area (Å²) in [5, 5.41) is 0. The molecular formula is C24H35N5O. The third kappa shape index (κ3) is 4.00. The molecule has 2 aromatic heterocycles. The van der Waals surface area contributed by atoms with Gasteiger partial charge >= 0.3 is 0 Å². The van der Waals surface area contributed by atoms with Crippen molar-refractivity contribution in [3.8, 4) is 0 Å². The van der Waals surface area contributed by atoms with Gasteiger partial charge in [0.1, 0.15) is 0 Å². The monoisotopic (exact) mass is 409 g/mol. The van der Waals surface area contributed by atoms with Crippen molar-refractivity contribution >= 4 is 16.9 Å². The van der Waals surface area contributed by atoms with Crippen molar-refractivity contribution < 1.29 is 4.79 Å². The minimum atomic E-state index is 0.193. The molecule has 0 unspecified atom stereocenters. The Labute approximate surface area is 179 Å². The number of nitrogens with one attached hydrogen (secondary N) is 1. The minimum Gasteiger partial charge on any atom is -0.357 e. The van der Waals surface area contributed by atoms with E-state index >= 15 is 0 Å². The number of rotatable bonds is 4. The van der Waals surface area contributed by atoms with Crippen LogP contribution in [0.5, 0.6) is 0 Å². The van der Waals surface area contributed by atoms with Gasteiger partial charge in [-0.2, -0.15) is 0 Å². The average molecular weight is 410 g/mol. The van der Waals surface area contributed by atoms with E-state index in [4.69, 9.17) is 4.98 Å². The summed E-state index contributed by atoms with van der Waals surface area (Å²) < 4.78 is 0. The van der Waals surface area contributed by atoms with Crippen molar-refractivity contribution in [3.63, 3.8) is 0 Å². The first-order valence-corrected chi connectivity index (χ1v) is 11.9. The number of nitrogens with zero attached hydrogens (tertiary/aromatic N) is 4. The van der Waals surface area contributed by atoms with Crippen LogP contribution in [0.15, 0.2) is 18.3 Å². The van der Waals surface area contributed by atoms with Gasteiger partial charge < -0.3 is 9.88 Å². The number of likely N-dealkylation sites (tertiary alicyclic amines) is 1. The van der Waals surface area contributed by atoms with Gasteiger partial charge in [0.2, 0.25) is 5.91 Å².